The quantitative estimate of drug-likeness (QED) is 0.0228. The number of carboxylic acids is 3. The fourth-order valence-corrected chi connectivity index (χ4v) is 11.7. The molecule has 0 bridgehead atoms. The van der Waals surface area contributed by atoms with Crippen molar-refractivity contribution in [1.29, 1.82) is 0 Å². The first-order valence-electron chi connectivity index (χ1n) is 30.0. The molecule has 3 fully saturated rings. The number of hydrogen-bond acceptors (Lipinski definition) is 19. The molecule has 4 aliphatic rings. The number of nitrogens with one attached hydrogen (secondary N) is 3. The average molecular weight is 1260 g/mol. The standard InChI is InChI=1S/C59H81N15O14S/c1-86-46-31-47-43(55-44(38-88-47)54(67-74(55)50-10-4-28-89-50)58(85)73-16-6-15-72(25-26-73)57(84)39-7-2-8-39)30-42(46)40-29-41(33-62-32-40)87-27-5-13-64-56(83)45(9-3-12-65-59(60)61)66-48(75)11-14-63-49(76)34-68-17-19-69(35-51(77)78)21-23-71(37-53(81)82)24-22-70(20-18-68)36-52(79)80/h4,10,28-33,39,45H,2-3,5-9,11-27,34-38H2,1H3,(H,63,76)(H,64,83)(H,66,75)(H,77,78)(H,79,80)(H,81,82)(H4,60,61,65)/t45-/m1/s1. The van der Waals surface area contributed by atoms with E-state index in [0.717, 1.165) is 30.0 Å². The summed E-state index contributed by atoms with van der Waals surface area (Å²) in [6.45, 7) is 3.37. The molecular weight excluding hydrogens is 1170 g/mol. The van der Waals surface area contributed by atoms with Crippen LogP contribution in [0.4, 0.5) is 0 Å². The summed E-state index contributed by atoms with van der Waals surface area (Å²) in [6, 6.07) is 8.47. The van der Waals surface area contributed by atoms with Crippen molar-refractivity contribution < 1.29 is 67.9 Å². The molecule has 0 spiro atoms. The van der Waals surface area contributed by atoms with Gasteiger partial charge >= 0.3 is 17.9 Å². The number of benzene rings is 1. The van der Waals surface area contributed by atoms with Gasteiger partial charge < -0.3 is 66.7 Å². The Morgan fingerprint density at radius 1 is 0.753 bits per heavy atom. The van der Waals surface area contributed by atoms with Crippen LogP contribution in [0.15, 0.2) is 53.1 Å². The lowest BCUT2D eigenvalue weighted by molar-refractivity contribution is -0.140. The van der Waals surface area contributed by atoms with Crippen molar-refractivity contribution in [2.45, 2.75) is 64.0 Å². The summed E-state index contributed by atoms with van der Waals surface area (Å²) in [5, 5.41) is 44.7. The van der Waals surface area contributed by atoms with Crippen molar-refractivity contribution in [3.05, 3.63) is 59.4 Å². The fourth-order valence-electron chi connectivity index (χ4n) is 11.0. The number of rotatable bonds is 27. The summed E-state index contributed by atoms with van der Waals surface area (Å²) in [5.74, 6) is -3.17. The number of methoxy groups -OCH3 is 1. The zero-order chi connectivity index (χ0) is 63.4. The number of hydrogen-bond donors (Lipinski definition) is 8. The van der Waals surface area contributed by atoms with E-state index in [0.29, 0.717) is 90.6 Å². The minimum Gasteiger partial charge on any atom is -0.496 e. The Bertz CT molecular complexity index is 3120. The zero-order valence-corrected chi connectivity index (χ0v) is 51.0. The summed E-state index contributed by atoms with van der Waals surface area (Å²) in [7, 11) is 1.56. The number of ether oxygens (including phenoxy) is 3. The Morgan fingerprint density at radius 2 is 1.40 bits per heavy atom. The highest BCUT2D eigenvalue weighted by Crippen LogP contribution is 2.47. The molecule has 89 heavy (non-hydrogen) atoms. The zero-order valence-electron chi connectivity index (χ0n) is 50.1. The van der Waals surface area contributed by atoms with E-state index in [1.54, 1.807) is 48.7 Å². The van der Waals surface area contributed by atoms with Crippen LogP contribution in [0.25, 0.3) is 27.4 Å². The summed E-state index contributed by atoms with van der Waals surface area (Å²) >= 11 is 1.49. The van der Waals surface area contributed by atoms with Crippen LogP contribution in [0, 0.1) is 5.92 Å². The van der Waals surface area contributed by atoms with Gasteiger partial charge in [0.15, 0.2) is 11.7 Å². The number of thiophene rings is 1. The first-order chi connectivity index (χ1) is 42.9. The van der Waals surface area contributed by atoms with Gasteiger partial charge in [-0.3, -0.25) is 67.9 Å². The van der Waals surface area contributed by atoms with Gasteiger partial charge in [0.2, 0.25) is 23.6 Å². The van der Waals surface area contributed by atoms with Crippen molar-refractivity contribution in [3.8, 4) is 44.6 Å². The third-order valence-corrected chi connectivity index (χ3v) is 16.8. The SMILES string of the molecule is COc1cc2c(cc1-c1cncc(OCCCNC(=O)[C@@H](CCCN=C(N)N)NC(=O)CCNC(=O)CN3CCN(CC(=O)O)CCN(CC(=O)O)CCN(CC(=O)O)CC3)c1)-c1c(c(C(=O)N3CCCN(C(=O)C4CCC4)CC3)nn1-c1cccs1)CO2. The van der Waals surface area contributed by atoms with E-state index in [1.165, 1.54) is 11.3 Å². The molecule has 5 amide bonds. The monoisotopic (exact) mass is 1260 g/mol. The van der Waals surface area contributed by atoms with Gasteiger partial charge in [-0.05, 0) is 68.2 Å². The van der Waals surface area contributed by atoms with E-state index in [4.69, 9.17) is 30.8 Å². The van der Waals surface area contributed by atoms with Gasteiger partial charge in [0.05, 0.1) is 51.8 Å². The topological polar surface area (TPSA) is 376 Å². The molecule has 30 heteroatoms. The van der Waals surface area contributed by atoms with E-state index in [2.05, 4.69) is 25.9 Å². The molecule has 482 valence electrons. The summed E-state index contributed by atoms with van der Waals surface area (Å²) in [4.78, 5) is 122. The predicted octanol–water partition coefficient (Wildman–Crippen LogP) is 0.444. The third-order valence-electron chi connectivity index (χ3n) is 15.9. The fraction of sp³-hybridized carbons (Fsp3) is 0.542. The maximum atomic E-state index is 14.5. The molecule has 2 saturated heterocycles. The second-order valence-corrected chi connectivity index (χ2v) is 23.3. The Labute approximate surface area is 519 Å². The van der Waals surface area contributed by atoms with Gasteiger partial charge in [-0.2, -0.15) is 5.10 Å². The molecule has 8 rings (SSSR count). The molecule has 4 aromatic rings. The first kappa shape index (κ1) is 66.5. The summed E-state index contributed by atoms with van der Waals surface area (Å²) in [5.41, 5.74) is 14.7. The smallest absolute Gasteiger partial charge is 0.317 e. The second-order valence-electron chi connectivity index (χ2n) is 22.3. The lowest BCUT2D eigenvalue weighted by Crippen LogP contribution is -2.50. The van der Waals surface area contributed by atoms with Crippen LogP contribution in [0.5, 0.6) is 17.2 Å². The van der Waals surface area contributed by atoms with Gasteiger partial charge in [0.1, 0.15) is 34.9 Å². The van der Waals surface area contributed by atoms with Crippen LogP contribution >= 0.6 is 11.3 Å². The van der Waals surface area contributed by atoms with Crippen LogP contribution < -0.4 is 41.6 Å². The van der Waals surface area contributed by atoms with Gasteiger partial charge in [-0.15, -0.1) is 11.3 Å². The Kier molecular flexibility index (Phi) is 24.4. The Hall–Kier alpha value is -8.45. The number of nitrogens with zero attached hydrogens (tertiary/aromatic N) is 10. The number of amides is 5. The highest BCUT2D eigenvalue weighted by Gasteiger charge is 2.36. The number of fused-ring (bicyclic) bond motifs is 3. The van der Waals surface area contributed by atoms with Crippen molar-refractivity contribution in [3.63, 3.8) is 0 Å². The number of carbonyl (C=O) groups is 8. The molecule has 0 radical (unpaired) electrons. The number of carboxylic acid groups (broad SMARTS) is 3. The Balaban J connectivity index is 0.851. The number of nitrogens with two attached hydrogens (primary N) is 2. The predicted molar refractivity (Wildman–Crippen MR) is 327 cm³/mol. The lowest BCUT2D eigenvalue weighted by atomic mass is 9.84. The normalized spacial score (nSPS) is 16.7. The number of aliphatic imine (C=N–C) groups is 1. The number of aliphatic carboxylic acids is 3. The first-order valence-corrected chi connectivity index (χ1v) is 30.9. The number of guanidine groups is 1. The van der Waals surface area contributed by atoms with Gasteiger partial charge in [-0.1, -0.05) is 6.42 Å². The minimum atomic E-state index is -1.07. The van der Waals surface area contributed by atoms with E-state index >= 15 is 0 Å². The maximum absolute atomic E-state index is 14.5. The number of pyridine rings is 1. The molecule has 1 aromatic carbocycles. The molecule has 1 aliphatic carbocycles. The third kappa shape index (κ3) is 19.3. The molecule has 6 heterocycles. The van der Waals surface area contributed by atoms with Crippen molar-refractivity contribution >= 4 is 64.7 Å². The van der Waals surface area contributed by atoms with Gasteiger partial charge in [0.25, 0.3) is 5.91 Å². The Morgan fingerprint density at radius 3 is 2.01 bits per heavy atom. The molecule has 29 nitrogen and oxygen atoms in total. The van der Waals surface area contributed by atoms with Crippen LogP contribution in [0.1, 0.15) is 67.4 Å². The van der Waals surface area contributed by atoms with Gasteiger partial charge in [-0.25, -0.2) is 4.68 Å². The minimum absolute atomic E-state index is 0.0761. The number of carbonyl (C=O) groups excluding carboxylic acids is 5. The highest BCUT2D eigenvalue weighted by atomic mass is 32.1. The van der Waals surface area contributed by atoms with Crippen molar-refractivity contribution in [2.75, 3.05) is 138 Å². The van der Waals surface area contributed by atoms with Crippen molar-refractivity contribution in [2.24, 2.45) is 22.4 Å². The van der Waals surface area contributed by atoms with Gasteiger partial charge in [0, 0.05) is 145 Å². The highest BCUT2D eigenvalue weighted by molar-refractivity contribution is 7.12. The van der Waals surface area contributed by atoms with Crippen LogP contribution in [-0.2, 0) is 40.2 Å². The molecule has 3 aromatic heterocycles. The largest absolute Gasteiger partial charge is 0.496 e. The number of aromatic nitrogens is 3. The lowest BCUT2D eigenvalue weighted by Gasteiger charge is -2.32. The summed E-state index contributed by atoms with van der Waals surface area (Å²) < 4.78 is 20.2. The molecule has 10 N–H and O–H groups in total. The molecular formula is C59H81N15O14S. The van der Waals surface area contributed by atoms with Crippen LogP contribution in [0.3, 0.4) is 0 Å². The van der Waals surface area contributed by atoms with Crippen LogP contribution in [-0.4, -0.2) is 257 Å². The second kappa shape index (κ2) is 32.7. The van der Waals surface area contributed by atoms with E-state index < -0.39 is 41.7 Å². The van der Waals surface area contributed by atoms with E-state index in [1.807, 2.05) is 40.6 Å². The van der Waals surface area contributed by atoms with Crippen molar-refractivity contribution in [1.82, 2.24) is 60.1 Å². The molecule has 3 aliphatic heterocycles. The van der Waals surface area contributed by atoms with E-state index in [9.17, 15) is 53.7 Å². The maximum Gasteiger partial charge on any atom is 0.317 e. The summed E-state index contributed by atoms with van der Waals surface area (Å²) in [6.07, 6.45) is 7.60. The molecule has 1 atom stereocenters. The van der Waals surface area contributed by atoms with E-state index in [-0.39, 0.29) is 148 Å². The average Bonchev–Trinajstić information content (AvgIpc) is 2.07. The molecule has 1 saturated carbocycles. The van der Waals surface area contributed by atoms with Crippen LogP contribution in [0.2, 0.25) is 0 Å². The molecule has 0 unspecified atom stereocenters.